The van der Waals surface area contributed by atoms with Crippen molar-refractivity contribution >= 4 is 23.2 Å². The molecule has 1 saturated carbocycles. The molecule has 30 heavy (non-hydrogen) atoms. The maximum absolute atomic E-state index is 13.9. The highest BCUT2D eigenvalue weighted by Gasteiger charge is 2.30. The van der Waals surface area contributed by atoms with Gasteiger partial charge in [0.05, 0.1) is 11.3 Å². The molecule has 4 rings (SSSR count). The van der Waals surface area contributed by atoms with E-state index < -0.39 is 11.6 Å². The highest BCUT2D eigenvalue weighted by molar-refractivity contribution is 6.02. The zero-order chi connectivity index (χ0) is 21.1. The van der Waals surface area contributed by atoms with Crippen molar-refractivity contribution in [2.45, 2.75) is 38.6 Å². The van der Waals surface area contributed by atoms with E-state index in [1.54, 1.807) is 12.1 Å². The van der Waals surface area contributed by atoms with Crippen LogP contribution in [0.4, 0.5) is 20.2 Å². The number of amides is 2. The molecule has 2 aromatic carbocycles. The second-order valence-electron chi connectivity index (χ2n) is 7.96. The van der Waals surface area contributed by atoms with Crippen LogP contribution in [0.15, 0.2) is 36.4 Å². The SMILES string of the molecule is O=C(NCc1ccc(F)cc1F)c1ccc(NC(=O)C2CC2)cc1N1CCCCC1. The Kier molecular flexibility index (Phi) is 5.97. The molecule has 0 aromatic heterocycles. The first-order valence-electron chi connectivity index (χ1n) is 10.4. The summed E-state index contributed by atoms with van der Waals surface area (Å²) in [5, 5.41) is 5.67. The number of anilines is 2. The van der Waals surface area contributed by atoms with Gasteiger partial charge in [-0.15, -0.1) is 0 Å². The van der Waals surface area contributed by atoms with E-state index in [0.29, 0.717) is 11.3 Å². The third-order valence-electron chi connectivity index (χ3n) is 5.61. The minimum absolute atomic E-state index is 0.0172. The first kappa shape index (κ1) is 20.3. The molecule has 2 aliphatic rings. The Labute approximate surface area is 174 Å². The lowest BCUT2D eigenvalue weighted by atomic mass is 10.1. The summed E-state index contributed by atoms with van der Waals surface area (Å²) in [6.07, 6.45) is 5.08. The second-order valence-corrected chi connectivity index (χ2v) is 7.96. The lowest BCUT2D eigenvalue weighted by molar-refractivity contribution is -0.117. The zero-order valence-electron chi connectivity index (χ0n) is 16.7. The average Bonchev–Trinajstić information content (AvgIpc) is 3.59. The zero-order valence-corrected chi connectivity index (χ0v) is 16.7. The topological polar surface area (TPSA) is 61.4 Å². The van der Waals surface area contributed by atoms with E-state index in [1.165, 1.54) is 12.1 Å². The van der Waals surface area contributed by atoms with Crippen molar-refractivity contribution in [2.75, 3.05) is 23.3 Å². The van der Waals surface area contributed by atoms with Gasteiger partial charge in [0.2, 0.25) is 5.91 Å². The number of halogens is 2. The van der Waals surface area contributed by atoms with Gasteiger partial charge in [-0.3, -0.25) is 9.59 Å². The monoisotopic (exact) mass is 413 g/mol. The predicted octanol–water partition coefficient (Wildman–Crippen LogP) is 4.23. The fourth-order valence-electron chi connectivity index (χ4n) is 3.72. The largest absolute Gasteiger partial charge is 0.371 e. The summed E-state index contributed by atoms with van der Waals surface area (Å²) in [5.74, 6) is -1.57. The van der Waals surface area contributed by atoms with E-state index in [0.717, 1.165) is 56.9 Å². The number of nitrogens with zero attached hydrogens (tertiary/aromatic N) is 1. The van der Waals surface area contributed by atoms with Crippen LogP contribution >= 0.6 is 0 Å². The smallest absolute Gasteiger partial charge is 0.253 e. The lowest BCUT2D eigenvalue weighted by Crippen LogP contribution is -2.33. The number of hydrogen-bond acceptors (Lipinski definition) is 3. The summed E-state index contributed by atoms with van der Waals surface area (Å²) in [4.78, 5) is 27.2. The molecule has 0 radical (unpaired) electrons. The van der Waals surface area contributed by atoms with E-state index in [2.05, 4.69) is 15.5 Å². The Morgan fingerprint density at radius 1 is 1.00 bits per heavy atom. The molecule has 0 unspecified atom stereocenters. The molecule has 1 heterocycles. The molecule has 0 bridgehead atoms. The summed E-state index contributed by atoms with van der Waals surface area (Å²) in [6, 6.07) is 8.56. The summed E-state index contributed by atoms with van der Waals surface area (Å²) < 4.78 is 27.0. The minimum atomic E-state index is -0.690. The standard InChI is InChI=1S/C23H25F2N3O2/c24-17-7-6-16(20(25)12-17)14-26-23(30)19-9-8-18(27-22(29)15-4-5-15)13-21(19)28-10-2-1-3-11-28/h6-9,12-13,15H,1-5,10-11,14H2,(H,26,30)(H,27,29). The fourth-order valence-corrected chi connectivity index (χ4v) is 3.72. The molecular formula is C23H25F2N3O2. The van der Waals surface area contributed by atoms with Crippen molar-refractivity contribution in [3.63, 3.8) is 0 Å². The van der Waals surface area contributed by atoms with Crippen molar-refractivity contribution in [3.8, 4) is 0 Å². The van der Waals surface area contributed by atoms with Crippen LogP contribution in [0.5, 0.6) is 0 Å². The number of hydrogen-bond donors (Lipinski definition) is 2. The summed E-state index contributed by atoms with van der Waals surface area (Å²) in [6.45, 7) is 1.64. The number of carbonyl (C=O) groups is 2. The minimum Gasteiger partial charge on any atom is -0.371 e. The molecular weight excluding hydrogens is 388 g/mol. The predicted molar refractivity (Wildman–Crippen MR) is 111 cm³/mol. The molecule has 1 aliphatic carbocycles. The van der Waals surface area contributed by atoms with Crippen LogP contribution < -0.4 is 15.5 Å². The van der Waals surface area contributed by atoms with Crippen molar-refractivity contribution in [1.82, 2.24) is 5.32 Å². The van der Waals surface area contributed by atoms with Crippen molar-refractivity contribution < 1.29 is 18.4 Å². The van der Waals surface area contributed by atoms with E-state index in [9.17, 15) is 18.4 Å². The first-order valence-corrected chi connectivity index (χ1v) is 10.4. The normalized spacial score (nSPS) is 16.3. The number of rotatable bonds is 6. The van der Waals surface area contributed by atoms with Crippen LogP contribution in [-0.2, 0) is 11.3 Å². The van der Waals surface area contributed by atoms with Gasteiger partial charge in [0, 0.05) is 42.9 Å². The van der Waals surface area contributed by atoms with Crippen molar-refractivity contribution in [2.24, 2.45) is 5.92 Å². The number of nitrogens with one attached hydrogen (secondary N) is 2. The van der Waals surface area contributed by atoms with Gasteiger partial charge < -0.3 is 15.5 Å². The Morgan fingerprint density at radius 2 is 1.77 bits per heavy atom. The molecule has 7 heteroatoms. The Balaban J connectivity index is 1.53. The quantitative estimate of drug-likeness (QED) is 0.745. The van der Waals surface area contributed by atoms with E-state index >= 15 is 0 Å². The van der Waals surface area contributed by atoms with E-state index in [4.69, 9.17) is 0 Å². The Morgan fingerprint density at radius 3 is 2.47 bits per heavy atom. The Hall–Kier alpha value is -2.96. The third-order valence-corrected chi connectivity index (χ3v) is 5.61. The molecule has 2 aromatic rings. The summed E-state index contributed by atoms with van der Waals surface area (Å²) >= 11 is 0. The van der Waals surface area contributed by atoms with Crippen LogP contribution in [0, 0.1) is 17.6 Å². The maximum Gasteiger partial charge on any atom is 0.253 e. The Bertz CT molecular complexity index is 953. The van der Waals surface area contributed by atoms with Gasteiger partial charge in [0.15, 0.2) is 0 Å². The lowest BCUT2D eigenvalue weighted by Gasteiger charge is -2.30. The molecule has 1 saturated heterocycles. The van der Waals surface area contributed by atoms with Crippen molar-refractivity contribution in [3.05, 3.63) is 59.2 Å². The highest BCUT2D eigenvalue weighted by Crippen LogP contribution is 2.32. The summed E-state index contributed by atoms with van der Waals surface area (Å²) in [7, 11) is 0. The van der Waals surface area contributed by atoms with Gasteiger partial charge >= 0.3 is 0 Å². The third kappa shape index (κ3) is 4.78. The molecule has 0 spiro atoms. The molecule has 5 nitrogen and oxygen atoms in total. The van der Waals surface area contributed by atoms with Gasteiger partial charge in [0.25, 0.3) is 5.91 Å². The average molecular weight is 413 g/mol. The van der Waals surface area contributed by atoms with Crippen LogP contribution in [0.25, 0.3) is 0 Å². The number of benzene rings is 2. The first-order chi connectivity index (χ1) is 14.5. The van der Waals surface area contributed by atoms with Crippen LogP contribution in [0.1, 0.15) is 48.0 Å². The van der Waals surface area contributed by atoms with E-state index in [1.807, 2.05) is 6.07 Å². The highest BCUT2D eigenvalue weighted by atomic mass is 19.1. The maximum atomic E-state index is 13.9. The van der Waals surface area contributed by atoms with Gasteiger partial charge in [0.1, 0.15) is 11.6 Å². The molecule has 1 aliphatic heterocycles. The molecule has 2 fully saturated rings. The van der Waals surface area contributed by atoms with E-state index in [-0.39, 0.29) is 29.8 Å². The van der Waals surface area contributed by atoms with Gasteiger partial charge in [-0.05, 0) is 56.4 Å². The van der Waals surface area contributed by atoms with Crippen LogP contribution in [0.2, 0.25) is 0 Å². The fraction of sp³-hybridized carbons (Fsp3) is 0.391. The van der Waals surface area contributed by atoms with Crippen LogP contribution in [-0.4, -0.2) is 24.9 Å². The van der Waals surface area contributed by atoms with Gasteiger partial charge in [-0.2, -0.15) is 0 Å². The molecule has 2 N–H and O–H groups in total. The van der Waals surface area contributed by atoms with Crippen LogP contribution in [0.3, 0.4) is 0 Å². The van der Waals surface area contributed by atoms with Gasteiger partial charge in [-0.1, -0.05) is 6.07 Å². The number of piperidine rings is 1. The van der Waals surface area contributed by atoms with Crippen molar-refractivity contribution in [1.29, 1.82) is 0 Å². The molecule has 2 amide bonds. The number of carbonyl (C=O) groups excluding carboxylic acids is 2. The molecule has 158 valence electrons. The summed E-state index contributed by atoms with van der Waals surface area (Å²) in [5.41, 5.74) is 2.13. The van der Waals surface area contributed by atoms with Gasteiger partial charge in [-0.25, -0.2) is 8.78 Å². The second kappa shape index (κ2) is 8.81. The molecule has 0 atom stereocenters.